The summed E-state index contributed by atoms with van der Waals surface area (Å²) in [5.41, 5.74) is 2.19. The van der Waals surface area contributed by atoms with Crippen molar-refractivity contribution < 1.29 is 9.90 Å². The summed E-state index contributed by atoms with van der Waals surface area (Å²) < 4.78 is 0. The summed E-state index contributed by atoms with van der Waals surface area (Å²) in [5.74, 6) is 0.112. The summed E-state index contributed by atoms with van der Waals surface area (Å²) in [6.45, 7) is 0. The van der Waals surface area contributed by atoms with Crippen LogP contribution in [0.3, 0.4) is 0 Å². The molecule has 0 radical (unpaired) electrons. The van der Waals surface area contributed by atoms with Crippen LogP contribution in [0.1, 0.15) is 62.0 Å². The Balaban J connectivity index is 1.67. The van der Waals surface area contributed by atoms with Crippen LogP contribution in [0.15, 0.2) is 24.3 Å². The van der Waals surface area contributed by atoms with E-state index in [1.54, 1.807) is 0 Å². The second-order valence-electron chi connectivity index (χ2n) is 6.34. The Bertz CT molecular complexity index is 451. The van der Waals surface area contributed by atoms with E-state index in [1.807, 2.05) is 0 Å². The third-order valence-electron chi connectivity index (χ3n) is 4.91. The first-order valence-corrected chi connectivity index (χ1v) is 7.52. The van der Waals surface area contributed by atoms with Gasteiger partial charge in [-0.25, -0.2) is 0 Å². The maximum atomic E-state index is 11.2. The highest BCUT2D eigenvalue weighted by Crippen LogP contribution is 2.48. The van der Waals surface area contributed by atoms with Crippen molar-refractivity contribution in [2.45, 2.75) is 57.3 Å². The van der Waals surface area contributed by atoms with E-state index >= 15 is 0 Å². The van der Waals surface area contributed by atoms with Crippen molar-refractivity contribution in [1.29, 1.82) is 0 Å². The zero-order valence-electron chi connectivity index (χ0n) is 11.4. The summed E-state index contributed by atoms with van der Waals surface area (Å²) in [6, 6.07) is 8.74. The van der Waals surface area contributed by atoms with Crippen LogP contribution in [0.4, 0.5) is 0 Å². The molecule has 19 heavy (non-hydrogen) atoms. The molecule has 2 nitrogen and oxygen atoms in total. The third-order valence-corrected chi connectivity index (χ3v) is 4.91. The third kappa shape index (κ3) is 2.68. The van der Waals surface area contributed by atoms with Gasteiger partial charge in [0, 0.05) is 0 Å². The zero-order valence-corrected chi connectivity index (χ0v) is 11.4. The molecule has 0 saturated heterocycles. The summed E-state index contributed by atoms with van der Waals surface area (Å²) >= 11 is 0. The lowest BCUT2D eigenvalue weighted by Crippen LogP contribution is -2.17. The molecule has 0 aliphatic heterocycles. The molecule has 2 aliphatic carbocycles. The number of hydrogen-bond acceptors (Lipinski definition) is 1. The van der Waals surface area contributed by atoms with Gasteiger partial charge in [-0.1, -0.05) is 43.5 Å². The molecule has 0 spiro atoms. The number of carboxylic acid groups (broad SMARTS) is 1. The highest BCUT2D eigenvalue weighted by atomic mass is 16.4. The van der Waals surface area contributed by atoms with Crippen molar-refractivity contribution in [2.24, 2.45) is 5.41 Å². The Labute approximate surface area is 114 Å². The summed E-state index contributed by atoms with van der Waals surface area (Å²) in [7, 11) is 0. The van der Waals surface area contributed by atoms with Crippen molar-refractivity contribution in [1.82, 2.24) is 0 Å². The molecule has 2 aliphatic rings. The largest absolute Gasteiger partial charge is 0.481 e. The van der Waals surface area contributed by atoms with E-state index in [-0.39, 0.29) is 0 Å². The van der Waals surface area contributed by atoms with Gasteiger partial charge in [-0.15, -0.1) is 0 Å². The van der Waals surface area contributed by atoms with Gasteiger partial charge in [0.05, 0.1) is 5.41 Å². The maximum absolute atomic E-state index is 11.2. The summed E-state index contributed by atoms with van der Waals surface area (Å²) in [4.78, 5) is 11.2. The lowest BCUT2D eigenvalue weighted by atomic mass is 9.83. The summed E-state index contributed by atoms with van der Waals surface area (Å²) in [5, 5.41) is 9.22. The number of hydrogen-bond donors (Lipinski definition) is 1. The van der Waals surface area contributed by atoms with E-state index in [9.17, 15) is 9.90 Å². The van der Waals surface area contributed by atoms with Gasteiger partial charge in [0.2, 0.25) is 0 Å². The Hall–Kier alpha value is -1.31. The van der Waals surface area contributed by atoms with Gasteiger partial charge in [0.15, 0.2) is 0 Å². The molecule has 3 rings (SSSR count). The average Bonchev–Trinajstić information content (AvgIpc) is 3.22. The minimum atomic E-state index is -0.621. The van der Waals surface area contributed by atoms with Crippen LogP contribution in [0.2, 0.25) is 0 Å². The predicted molar refractivity (Wildman–Crippen MR) is 75.3 cm³/mol. The van der Waals surface area contributed by atoms with Crippen LogP contribution in [0.25, 0.3) is 0 Å². The van der Waals surface area contributed by atoms with Crippen LogP contribution >= 0.6 is 0 Å². The Morgan fingerprint density at radius 3 is 2.26 bits per heavy atom. The van der Waals surface area contributed by atoms with Gasteiger partial charge in [-0.3, -0.25) is 4.79 Å². The monoisotopic (exact) mass is 258 g/mol. The molecule has 2 heteroatoms. The smallest absolute Gasteiger partial charge is 0.309 e. The Morgan fingerprint density at radius 1 is 1.11 bits per heavy atom. The fourth-order valence-electron chi connectivity index (χ4n) is 3.35. The molecule has 2 fully saturated rings. The summed E-state index contributed by atoms with van der Waals surface area (Å²) in [6.07, 6.45) is 9.11. The molecule has 0 bridgehead atoms. The van der Waals surface area contributed by atoms with Crippen molar-refractivity contribution in [3.05, 3.63) is 35.4 Å². The normalized spacial score (nSPS) is 22.1. The molecule has 0 unspecified atom stereocenters. The van der Waals surface area contributed by atoms with Gasteiger partial charge in [0.25, 0.3) is 0 Å². The number of aliphatic carboxylic acids is 1. The quantitative estimate of drug-likeness (QED) is 0.881. The minimum Gasteiger partial charge on any atom is -0.481 e. The topological polar surface area (TPSA) is 37.3 Å². The number of rotatable bonds is 4. The fraction of sp³-hybridized carbons (Fsp3) is 0.588. The van der Waals surface area contributed by atoms with Gasteiger partial charge in [-0.2, -0.15) is 0 Å². The van der Waals surface area contributed by atoms with Gasteiger partial charge >= 0.3 is 5.97 Å². The van der Waals surface area contributed by atoms with Crippen molar-refractivity contribution in [3.8, 4) is 0 Å². The molecule has 102 valence electrons. The van der Waals surface area contributed by atoms with Crippen molar-refractivity contribution >= 4 is 5.97 Å². The van der Waals surface area contributed by atoms with Crippen molar-refractivity contribution in [3.63, 3.8) is 0 Å². The predicted octanol–water partition coefficient (Wildman–Crippen LogP) is 4.14. The highest BCUT2D eigenvalue weighted by molar-refractivity contribution is 5.78. The van der Waals surface area contributed by atoms with E-state index < -0.39 is 11.4 Å². The van der Waals surface area contributed by atoms with Crippen LogP contribution in [-0.2, 0) is 11.2 Å². The molecule has 0 heterocycles. The Kier molecular flexibility index (Phi) is 3.34. The van der Waals surface area contributed by atoms with Crippen LogP contribution < -0.4 is 0 Å². The number of carbonyl (C=O) groups is 1. The lowest BCUT2D eigenvalue weighted by molar-refractivity contribution is -0.143. The van der Waals surface area contributed by atoms with Gasteiger partial charge in [-0.05, 0) is 49.1 Å². The van der Waals surface area contributed by atoms with Crippen LogP contribution in [0.5, 0.6) is 0 Å². The standard InChI is InChI=1S/C17H22O2/c18-16(19)17(10-11-17)12-13-6-8-15(9-7-13)14-4-2-1-3-5-14/h6-9,14H,1-5,10-12H2,(H,18,19). The lowest BCUT2D eigenvalue weighted by Gasteiger charge is -2.22. The molecular formula is C17H22O2. The number of benzene rings is 1. The molecule has 1 aromatic carbocycles. The molecule has 1 aromatic rings. The average molecular weight is 258 g/mol. The minimum absolute atomic E-state index is 0.438. The first kappa shape index (κ1) is 12.7. The Morgan fingerprint density at radius 2 is 1.74 bits per heavy atom. The van der Waals surface area contributed by atoms with Crippen molar-refractivity contribution in [2.75, 3.05) is 0 Å². The zero-order chi connectivity index (χ0) is 13.3. The van der Waals surface area contributed by atoms with E-state index in [0.29, 0.717) is 6.42 Å². The van der Waals surface area contributed by atoms with Gasteiger partial charge < -0.3 is 5.11 Å². The van der Waals surface area contributed by atoms with Crippen LogP contribution in [0, 0.1) is 5.41 Å². The first-order chi connectivity index (χ1) is 9.20. The maximum Gasteiger partial charge on any atom is 0.309 e. The van der Waals surface area contributed by atoms with E-state index in [0.717, 1.165) is 18.8 Å². The highest BCUT2D eigenvalue weighted by Gasteiger charge is 2.49. The molecule has 2 saturated carbocycles. The van der Waals surface area contributed by atoms with Gasteiger partial charge in [0.1, 0.15) is 0 Å². The molecule has 0 amide bonds. The van der Waals surface area contributed by atoms with E-state index in [2.05, 4.69) is 24.3 Å². The van der Waals surface area contributed by atoms with E-state index in [4.69, 9.17) is 0 Å². The fourth-order valence-corrected chi connectivity index (χ4v) is 3.35. The molecular weight excluding hydrogens is 236 g/mol. The molecule has 1 N–H and O–H groups in total. The second-order valence-corrected chi connectivity index (χ2v) is 6.34. The number of carboxylic acids is 1. The second kappa shape index (κ2) is 4.99. The molecule has 0 atom stereocenters. The first-order valence-electron chi connectivity index (χ1n) is 7.52. The van der Waals surface area contributed by atoms with Crippen LogP contribution in [-0.4, -0.2) is 11.1 Å². The molecule has 0 aromatic heterocycles. The van der Waals surface area contributed by atoms with E-state index in [1.165, 1.54) is 43.2 Å². The SMILES string of the molecule is O=C(O)C1(Cc2ccc(C3CCCCC3)cc2)CC1.